The molecule has 1 aliphatic heterocycles. The van der Waals surface area contributed by atoms with Gasteiger partial charge in [0.1, 0.15) is 0 Å². The lowest BCUT2D eigenvalue weighted by Crippen LogP contribution is -2.25. The molecule has 0 spiro atoms. The zero-order valence-corrected chi connectivity index (χ0v) is 10.2. The van der Waals surface area contributed by atoms with Crippen molar-refractivity contribution in [2.24, 2.45) is 0 Å². The highest BCUT2D eigenvalue weighted by Crippen LogP contribution is 2.19. The third-order valence-corrected chi connectivity index (χ3v) is 3.55. The van der Waals surface area contributed by atoms with Crippen LogP contribution in [0.15, 0.2) is 18.2 Å². The SMILES string of the molecule is Cc1ccc(C(O)CN2CCCC2)cc1C. The molecule has 16 heavy (non-hydrogen) atoms. The lowest BCUT2D eigenvalue weighted by Gasteiger charge is -2.20. The molecule has 1 fully saturated rings. The summed E-state index contributed by atoms with van der Waals surface area (Å²) in [6.45, 7) is 7.26. The summed E-state index contributed by atoms with van der Waals surface area (Å²) in [5, 5.41) is 10.2. The summed E-state index contributed by atoms with van der Waals surface area (Å²) in [6.07, 6.45) is 2.22. The molecule has 0 saturated carbocycles. The van der Waals surface area contributed by atoms with Crippen molar-refractivity contribution in [2.75, 3.05) is 19.6 Å². The van der Waals surface area contributed by atoms with Crippen LogP contribution in [-0.2, 0) is 0 Å². The molecule has 2 heteroatoms. The number of aryl methyl sites for hydroxylation is 2. The highest BCUT2D eigenvalue weighted by atomic mass is 16.3. The number of nitrogens with zero attached hydrogens (tertiary/aromatic N) is 1. The lowest BCUT2D eigenvalue weighted by atomic mass is 10.0. The van der Waals surface area contributed by atoms with Crippen LogP contribution in [0.4, 0.5) is 0 Å². The van der Waals surface area contributed by atoms with E-state index >= 15 is 0 Å². The highest BCUT2D eigenvalue weighted by Gasteiger charge is 2.16. The van der Waals surface area contributed by atoms with Gasteiger partial charge in [-0.05, 0) is 56.5 Å². The summed E-state index contributed by atoms with van der Waals surface area (Å²) < 4.78 is 0. The summed E-state index contributed by atoms with van der Waals surface area (Å²) in [5.74, 6) is 0. The molecule has 2 rings (SSSR count). The molecule has 1 unspecified atom stereocenters. The van der Waals surface area contributed by atoms with E-state index in [1.165, 1.54) is 24.0 Å². The van der Waals surface area contributed by atoms with Crippen LogP contribution in [-0.4, -0.2) is 29.6 Å². The molecular formula is C14H21NO. The summed E-state index contributed by atoms with van der Waals surface area (Å²) in [5.41, 5.74) is 3.60. The molecule has 88 valence electrons. The molecule has 0 radical (unpaired) electrons. The van der Waals surface area contributed by atoms with E-state index < -0.39 is 0 Å². The van der Waals surface area contributed by atoms with Crippen LogP contribution in [0.1, 0.15) is 35.6 Å². The van der Waals surface area contributed by atoms with Crippen molar-refractivity contribution >= 4 is 0 Å². The molecule has 1 aliphatic rings. The Morgan fingerprint density at radius 3 is 2.50 bits per heavy atom. The zero-order chi connectivity index (χ0) is 11.5. The molecule has 1 atom stereocenters. The second-order valence-corrected chi connectivity index (χ2v) is 4.87. The zero-order valence-electron chi connectivity index (χ0n) is 10.2. The Kier molecular flexibility index (Phi) is 3.62. The van der Waals surface area contributed by atoms with Crippen molar-refractivity contribution in [1.82, 2.24) is 4.90 Å². The van der Waals surface area contributed by atoms with Crippen LogP contribution < -0.4 is 0 Å². The molecule has 0 aliphatic carbocycles. The maximum atomic E-state index is 10.2. The van der Waals surface area contributed by atoms with Gasteiger partial charge in [-0.2, -0.15) is 0 Å². The average Bonchev–Trinajstić information content (AvgIpc) is 2.74. The Morgan fingerprint density at radius 1 is 1.19 bits per heavy atom. The molecule has 1 N–H and O–H groups in total. The third-order valence-electron chi connectivity index (χ3n) is 3.55. The van der Waals surface area contributed by atoms with E-state index in [1.54, 1.807) is 0 Å². The first-order valence-corrected chi connectivity index (χ1v) is 6.14. The van der Waals surface area contributed by atoms with Crippen molar-refractivity contribution in [2.45, 2.75) is 32.8 Å². The van der Waals surface area contributed by atoms with Crippen LogP contribution >= 0.6 is 0 Å². The van der Waals surface area contributed by atoms with Gasteiger partial charge in [0.2, 0.25) is 0 Å². The van der Waals surface area contributed by atoms with E-state index in [4.69, 9.17) is 0 Å². The topological polar surface area (TPSA) is 23.5 Å². The van der Waals surface area contributed by atoms with Crippen LogP contribution in [0.3, 0.4) is 0 Å². The Hall–Kier alpha value is -0.860. The number of rotatable bonds is 3. The maximum absolute atomic E-state index is 10.2. The number of hydrogen-bond acceptors (Lipinski definition) is 2. The second-order valence-electron chi connectivity index (χ2n) is 4.87. The minimum Gasteiger partial charge on any atom is -0.387 e. The van der Waals surface area contributed by atoms with Crippen LogP contribution in [0.5, 0.6) is 0 Å². The van der Waals surface area contributed by atoms with Crippen LogP contribution in [0, 0.1) is 13.8 Å². The Morgan fingerprint density at radius 2 is 1.88 bits per heavy atom. The number of likely N-dealkylation sites (tertiary alicyclic amines) is 1. The van der Waals surface area contributed by atoms with Crippen molar-refractivity contribution in [3.05, 3.63) is 34.9 Å². The normalized spacial score (nSPS) is 18.9. The molecule has 0 amide bonds. The van der Waals surface area contributed by atoms with Gasteiger partial charge in [0.05, 0.1) is 6.10 Å². The van der Waals surface area contributed by atoms with Crippen molar-refractivity contribution in [1.29, 1.82) is 0 Å². The van der Waals surface area contributed by atoms with Gasteiger partial charge in [-0.15, -0.1) is 0 Å². The largest absolute Gasteiger partial charge is 0.387 e. The molecular weight excluding hydrogens is 198 g/mol. The first-order chi connectivity index (χ1) is 7.66. The van der Waals surface area contributed by atoms with Gasteiger partial charge >= 0.3 is 0 Å². The van der Waals surface area contributed by atoms with E-state index in [9.17, 15) is 5.11 Å². The minimum atomic E-state index is -0.336. The Balaban J connectivity index is 2.02. The fourth-order valence-corrected chi connectivity index (χ4v) is 2.29. The van der Waals surface area contributed by atoms with Gasteiger partial charge in [-0.1, -0.05) is 18.2 Å². The second kappa shape index (κ2) is 4.98. The standard InChI is InChI=1S/C14H21NO/c1-11-5-6-13(9-12(11)2)14(16)10-15-7-3-4-8-15/h5-6,9,14,16H,3-4,7-8,10H2,1-2H3. The number of β-amino-alcohol motifs (C(OH)–C–C–N with tert-alkyl or cyclic N) is 1. The fourth-order valence-electron chi connectivity index (χ4n) is 2.29. The third kappa shape index (κ3) is 2.63. The number of aliphatic hydroxyl groups excluding tert-OH is 1. The van der Waals surface area contributed by atoms with E-state index in [1.807, 2.05) is 6.07 Å². The first-order valence-electron chi connectivity index (χ1n) is 6.14. The predicted octanol–water partition coefficient (Wildman–Crippen LogP) is 2.43. The summed E-state index contributed by atoms with van der Waals surface area (Å²) >= 11 is 0. The molecule has 2 nitrogen and oxygen atoms in total. The number of benzene rings is 1. The van der Waals surface area contributed by atoms with Crippen molar-refractivity contribution < 1.29 is 5.11 Å². The van der Waals surface area contributed by atoms with Crippen LogP contribution in [0.2, 0.25) is 0 Å². The van der Waals surface area contributed by atoms with E-state index in [0.717, 1.165) is 25.2 Å². The Bertz CT molecular complexity index is 356. The molecule has 0 aromatic heterocycles. The molecule has 1 aromatic carbocycles. The smallest absolute Gasteiger partial charge is 0.0917 e. The quantitative estimate of drug-likeness (QED) is 0.844. The van der Waals surface area contributed by atoms with Crippen molar-refractivity contribution in [3.8, 4) is 0 Å². The van der Waals surface area contributed by atoms with Gasteiger partial charge in [0.15, 0.2) is 0 Å². The molecule has 0 bridgehead atoms. The summed E-state index contributed by atoms with van der Waals surface area (Å²) in [6, 6.07) is 6.25. The molecule has 1 heterocycles. The Labute approximate surface area is 97.9 Å². The monoisotopic (exact) mass is 219 g/mol. The van der Waals surface area contributed by atoms with Gasteiger partial charge in [-0.3, -0.25) is 0 Å². The van der Waals surface area contributed by atoms with Gasteiger partial charge in [0, 0.05) is 6.54 Å². The van der Waals surface area contributed by atoms with Crippen molar-refractivity contribution in [3.63, 3.8) is 0 Å². The number of hydrogen-bond donors (Lipinski definition) is 1. The summed E-state index contributed by atoms with van der Waals surface area (Å²) in [4.78, 5) is 2.35. The summed E-state index contributed by atoms with van der Waals surface area (Å²) in [7, 11) is 0. The van der Waals surface area contributed by atoms with Gasteiger partial charge in [0.25, 0.3) is 0 Å². The van der Waals surface area contributed by atoms with E-state index in [2.05, 4.69) is 30.9 Å². The molecule has 1 saturated heterocycles. The predicted molar refractivity (Wildman–Crippen MR) is 66.5 cm³/mol. The lowest BCUT2D eigenvalue weighted by molar-refractivity contribution is 0.126. The van der Waals surface area contributed by atoms with Crippen LogP contribution in [0.25, 0.3) is 0 Å². The average molecular weight is 219 g/mol. The van der Waals surface area contributed by atoms with E-state index in [0.29, 0.717) is 0 Å². The first kappa shape index (κ1) is 11.6. The minimum absolute atomic E-state index is 0.336. The maximum Gasteiger partial charge on any atom is 0.0917 e. The van der Waals surface area contributed by atoms with Gasteiger partial charge in [-0.25, -0.2) is 0 Å². The number of aliphatic hydroxyl groups is 1. The van der Waals surface area contributed by atoms with E-state index in [-0.39, 0.29) is 6.10 Å². The highest BCUT2D eigenvalue weighted by molar-refractivity contribution is 5.31. The van der Waals surface area contributed by atoms with Gasteiger partial charge < -0.3 is 10.0 Å². The fraction of sp³-hybridized carbons (Fsp3) is 0.571. The molecule has 1 aromatic rings.